The number of ether oxygens (including phenoxy) is 2. The van der Waals surface area contributed by atoms with Crippen molar-refractivity contribution in [1.29, 1.82) is 0 Å². The SMILES string of the molecule is CCOCC(C)Oc1nc(C)nc(N)c1C. The van der Waals surface area contributed by atoms with Crippen molar-refractivity contribution >= 4 is 5.82 Å². The van der Waals surface area contributed by atoms with Crippen molar-refractivity contribution in [3.8, 4) is 5.88 Å². The molecular formula is C11H19N3O2. The molecule has 1 aromatic heterocycles. The van der Waals surface area contributed by atoms with E-state index in [9.17, 15) is 0 Å². The van der Waals surface area contributed by atoms with Crippen molar-refractivity contribution in [2.75, 3.05) is 18.9 Å². The van der Waals surface area contributed by atoms with Gasteiger partial charge in [-0.3, -0.25) is 0 Å². The number of hydrogen-bond acceptors (Lipinski definition) is 5. The molecule has 5 nitrogen and oxygen atoms in total. The van der Waals surface area contributed by atoms with Crippen LogP contribution in [0.15, 0.2) is 0 Å². The molecule has 0 bridgehead atoms. The third kappa shape index (κ3) is 3.34. The molecule has 0 radical (unpaired) electrons. The Morgan fingerprint density at radius 2 is 2.00 bits per heavy atom. The standard InChI is InChI=1S/C11H19N3O2/c1-5-15-6-7(2)16-11-8(3)10(12)13-9(4)14-11/h7H,5-6H2,1-4H3,(H2,12,13,14). The lowest BCUT2D eigenvalue weighted by Gasteiger charge is -2.16. The number of rotatable bonds is 5. The summed E-state index contributed by atoms with van der Waals surface area (Å²) in [6.07, 6.45) is -0.0488. The first-order chi connectivity index (χ1) is 7.54. The van der Waals surface area contributed by atoms with Crippen LogP contribution >= 0.6 is 0 Å². The second-order valence-corrected chi connectivity index (χ2v) is 3.67. The molecule has 0 saturated heterocycles. The molecule has 0 aliphatic rings. The second kappa shape index (κ2) is 5.65. The van der Waals surface area contributed by atoms with Crippen LogP contribution in [0.4, 0.5) is 5.82 Å². The van der Waals surface area contributed by atoms with Crippen molar-refractivity contribution in [1.82, 2.24) is 9.97 Å². The highest BCUT2D eigenvalue weighted by Crippen LogP contribution is 2.20. The summed E-state index contributed by atoms with van der Waals surface area (Å²) in [5, 5.41) is 0. The fourth-order valence-corrected chi connectivity index (χ4v) is 1.25. The van der Waals surface area contributed by atoms with E-state index in [-0.39, 0.29) is 6.10 Å². The molecule has 0 spiro atoms. The number of aromatic nitrogens is 2. The van der Waals surface area contributed by atoms with E-state index in [2.05, 4.69) is 9.97 Å². The molecule has 1 heterocycles. The Kier molecular flexibility index (Phi) is 4.49. The van der Waals surface area contributed by atoms with Gasteiger partial charge in [0.1, 0.15) is 17.7 Å². The highest BCUT2D eigenvalue weighted by Gasteiger charge is 2.11. The zero-order valence-electron chi connectivity index (χ0n) is 10.3. The van der Waals surface area contributed by atoms with E-state index >= 15 is 0 Å². The molecule has 1 unspecified atom stereocenters. The summed E-state index contributed by atoms with van der Waals surface area (Å²) in [5.74, 6) is 1.62. The van der Waals surface area contributed by atoms with Crippen molar-refractivity contribution in [2.24, 2.45) is 0 Å². The average Bonchev–Trinajstić information content (AvgIpc) is 2.22. The summed E-state index contributed by atoms with van der Waals surface area (Å²) in [5.41, 5.74) is 6.51. The summed E-state index contributed by atoms with van der Waals surface area (Å²) in [6.45, 7) is 8.73. The number of hydrogen-bond donors (Lipinski definition) is 1. The van der Waals surface area contributed by atoms with Gasteiger partial charge in [-0.15, -0.1) is 0 Å². The Morgan fingerprint density at radius 1 is 1.31 bits per heavy atom. The van der Waals surface area contributed by atoms with Crippen molar-refractivity contribution < 1.29 is 9.47 Å². The van der Waals surface area contributed by atoms with E-state index in [1.807, 2.05) is 20.8 Å². The third-order valence-electron chi connectivity index (χ3n) is 2.12. The summed E-state index contributed by atoms with van der Waals surface area (Å²) in [6, 6.07) is 0. The Morgan fingerprint density at radius 3 is 2.62 bits per heavy atom. The Labute approximate surface area is 96.0 Å². The van der Waals surface area contributed by atoms with E-state index in [0.717, 1.165) is 5.56 Å². The third-order valence-corrected chi connectivity index (χ3v) is 2.12. The molecule has 2 N–H and O–H groups in total. The summed E-state index contributed by atoms with van der Waals surface area (Å²) >= 11 is 0. The van der Waals surface area contributed by atoms with Gasteiger partial charge >= 0.3 is 0 Å². The normalized spacial score (nSPS) is 12.5. The molecule has 90 valence electrons. The van der Waals surface area contributed by atoms with Gasteiger partial charge in [-0.05, 0) is 27.7 Å². The van der Waals surface area contributed by atoms with Crippen molar-refractivity contribution in [3.63, 3.8) is 0 Å². The van der Waals surface area contributed by atoms with Crippen LogP contribution in [0.2, 0.25) is 0 Å². The topological polar surface area (TPSA) is 70.3 Å². The number of anilines is 1. The van der Waals surface area contributed by atoms with Gasteiger partial charge in [0.25, 0.3) is 0 Å². The number of nitrogens with zero attached hydrogens (tertiary/aromatic N) is 2. The second-order valence-electron chi connectivity index (χ2n) is 3.67. The first-order valence-electron chi connectivity index (χ1n) is 5.39. The van der Waals surface area contributed by atoms with E-state index < -0.39 is 0 Å². The van der Waals surface area contributed by atoms with Crippen LogP contribution in [-0.2, 0) is 4.74 Å². The molecule has 0 aromatic carbocycles. The van der Waals surface area contributed by atoms with Crippen LogP contribution in [0, 0.1) is 13.8 Å². The summed E-state index contributed by atoms with van der Waals surface area (Å²) in [7, 11) is 0. The van der Waals surface area contributed by atoms with E-state index in [4.69, 9.17) is 15.2 Å². The van der Waals surface area contributed by atoms with Crippen LogP contribution < -0.4 is 10.5 Å². The van der Waals surface area contributed by atoms with E-state index in [1.165, 1.54) is 0 Å². The molecule has 0 amide bonds. The predicted molar refractivity (Wildman–Crippen MR) is 62.5 cm³/mol. The monoisotopic (exact) mass is 225 g/mol. The minimum atomic E-state index is -0.0488. The smallest absolute Gasteiger partial charge is 0.222 e. The Bertz CT molecular complexity index is 355. The van der Waals surface area contributed by atoms with Crippen molar-refractivity contribution in [3.05, 3.63) is 11.4 Å². The van der Waals surface area contributed by atoms with Gasteiger partial charge in [-0.2, -0.15) is 4.98 Å². The van der Waals surface area contributed by atoms with Crippen LogP contribution in [-0.4, -0.2) is 29.3 Å². The first kappa shape index (κ1) is 12.7. The van der Waals surface area contributed by atoms with E-state index in [0.29, 0.717) is 30.7 Å². The lowest BCUT2D eigenvalue weighted by atomic mass is 10.3. The predicted octanol–water partition coefficient (Wildman–Crippen LogP) is 1.48. The highest BCUT2D eigenvalue weighted by molar-refractivity contribution is 5.44. The number of nitrogens with two attached hydrogens (primary N) is 1. The molecule has 16 heavy (non-hydrogen) atoms. The first-order valence-corrected chi connectivity index (χ1v) is 5.39. The van der Waals surface area contributed by atoms with E-state index in [1.54, 1.807) is 6.92 Å². The average molecular weight is 225 g/mol. The molecule has 1 atom stereocenters. The zero-order valence-corrected chi connectivity index (χ0v) is 10.3. The molecule has 1 aromatic rings. The number of aryl methyl sites for hydroxylation is 1. The highest BCUT2D eigenvalue weighted by atomic mass is 16.5. The minimum absolute atomic E-state index is 0.0488. The van der Waals surface area contributed by atoms with Crippen LogP contribution in [0.25, 0.3) is 0 Å². The van der Waals surface area contributed by atoms with Crippen LogP contribution in [0.5, 0.6) is 5.88 Å². The van der Waals surface area contributed by atoms with Gasteiger partial charge < -0.3 is 15.2 Å². The largest absolute Gasteiger partial charge is 0.472 e. The fraction of sp³-hybridized carbons (Fsp3) is 0.636. The Hall–Kier alpha value is -1.36. The molecule has 5 heteroatoms. The van der Waals surface area contributed by atoms with Crippen LogP contribution in [0.1, 0.15) is 25.2 Å². The van der Waals surface area contributed by atoms with Gasteiger partial charge in [-0.25, -0.2) is 4.98 Å². The van der Waals surface area contributed by atoms with Gasteiger partial charge in [0.15, 0.2) is 0 Å². The molecular weight excluding hydrogens is 206 g/mol. The number of nitrogen functional groups attached to an aromatic ring is 1. The maximum Gasteiger partial charge on any atom is 0.222 e. The summed E-state index contributed by atoms with van der Waals surface area (Å²) < 4.78 is 10.9. The van der Waals surface area contributed by atoms with Gasteiger partial charge in [0.2, 0.25) is 5.88 Å². The van der Waals surface area contributed by atoms with Gasteiger partial charge in [0.05, 0.1) is 12.2 Å². The molecule has 0 saturated carbocycles. The van der Waals surface area contributed by atoms with Gasteiger partial charge in [0, 0.05) is 6.61 Å². The molecule has 0 aliphatic carbocycles. The molecule has 0 fully saturated rings. The molecule has 0 aliphatic heterocycles. The lowest BCUT2D eigenvalue weighted by molar-refractivity contribution is 0.0628. The van der Waals surface area contributed by atoms with Crippen molar-refractivity contribution in [2.45, 2.75) is 33.8 Å². The lowest BCUT2D eigenvalue weighted by Crippen LogP contribution is -2.20. The molecule has 1 rings (SSSR count). The maximum absolute atomic E-state index is 5.73. The zero-order chi connectivity index (χ0) is 12.1. The fourth-order valence-electron chi connectivity index (χ4n) is 1.25. The summed E-state index contributed by atoms with van der Waals surface area (Å²) in [4.78, 5) is 8.27. The Balaban J connectivity index is 2.72. The quantitative estimate of drug-likeness (QED) is 0.821. The van der Waals surface area contributed by atoms with Crippen LogP contribution in [0.3, 0.4) is 0 Å². The van der Waals surface area contributed by atoms with Gasteiger partial charge in [-0.1, -0.05) is 0 Å². The maximum atomic E-state index is 5.73. The minimum Gasteiger partial charge on any atom is -0.472 e.